The molecule has 0 atom stereocenters. The Labute approximate surface area is 125 Å². The fourth-order valence-corrected chi connectivity index (χ4v) is 3.39. The number of nitrogens with one attached hydrogen (secondary N) is 1. The molecule has 5 nitrogen and oxygen atoms in total. The van der Waals surface area contributed by atoms with Crippen molar-refractivity contribution in [1.29, 1.82) is 0 Å². The standard InChI is InChI=1S/C13H13BrN2O3S/c1-19-12-7-2-9(14)8-13(12)20(17,18)16-11-5-3-10(15)4-6-11/h2-8,16H,15H2,1H3. The van der Waals surface area contributed by atoms with Crippen LogP contribution in [0.25, 0.3) is 0 Å². The first-order valence-corrected chi connectivity index (χ1v) is 7.92. The van der Waals surface area contributed by atoms with E-state index in [-0.39, 0.29) is 10.6 Å². The number of benzene rings is 2. The average Bonchev–Trinajstić information content (AvgIpc) is 2.41. The number of methoxy groups -OCH3 is 1. The number of hydrogen-bond donors (Lipinski definition) is 2. The summed E-state index contributed by atoms with van der Waals surface area (Å²) in [6, 6.07) is 11.2. The zero-order valence-electron chi connectivity index (χ0n) is 10.6. The van der Waals surface area contributed by atoms with Gasteiger partial charge in [0.2, 0.25) is 0 Å². The van der Waals surface area contributed by atoms with E-state index in [0.29, 0.717) is 15.8 Å². The molecule has 2 aromatic rings. The van der Waals surface area contributed by atoms with Gasteiger partial charge in [0.1, 0.15) is 10.6 Å². The lowest BCUT2D eigenvalue weighted by Crippen LogP contribution is -2.14. The molecular formula is C13H13BrN2O3S. The maximum absolute atomic E-state index is 12.4. The van der Waals surface area contributed by atoms with Crippen LogP contribution in [0.2, 0.25) is 0 Å². The zero-order chi connectivity index (χ0) is 14.8. The largest absolute Gasteiger partial charge is 0.495 e. The van der Waals surface area contributed by atoms with Crippen LogP contribution in [0.5, 0.6) is 5.75 Å². The predicted molar refractivity (Wildman–Crippen MR) is 82.4 cm³/mol. The fraction of sp³-hybridized carbons (Fsp3) is 0.0769. The van der Waals surface area contributed by atoms with E-state index in [9.17, 15) is 8.42 Å². The third kappa shape index (κ3) is 3.23. The number of halogens is 1. The molecule has 0 fully saturated rings. The molecule has 0 heterocycles. The Balaban J connectivity index is 2.40. The molecule has 106 valence electrons. The van der Waals surface area contributed by atoms with E-state index in [1.807, 2.05) is 0 Å². The quantitative estimate of drug-likeness (QED) is 0.825. The Bertz CT molecular complexity index is 715. The highest BCUT2D eigenvalue weighted by Gasteiger charge is 2.20. The second-order valence-corrected chi connectivity index (χ2v) is 6.59. The number of nitrogens with two attached hydrogens (primary N) is 1. The van der Waals surface area contributed by atoms with Gasteiger partial charge >= 0.3 is 0 Å². The summed E-state index contributed by atoms with van der Waals surface area (Å²) in [6.07, 6.45) is 0. The van der Waals surface area contributed by atoms with Gasteiger partial charge in [-0.05, 0) is 42.5 Å². The number of sulfonamides is 1. The van der Waals surface area contributed by atoms with E-state index in [2.05, 4.69) is 20.7 Å². The molecule has 0 aromatic heterocycles. The second kappa shape index (κ2) is 5.72. The second-order valence-electron chi connectivity index (χ2n) is 4.02. The van der Waals surface area contributed by atoms with Crippen molar-refractivity contribution in [2.75, 3.05) is 17.6 Å². The van der Waals surface area contributed by atoms with Crippen LogP contribution in [-0.4, -0.2) is 15.5 Å². The molecule has 7 heteroatoms. The highest BCUT2D eigenvalue weighted by atomic mass is 79.9. The molecule has 20 heavy (non-hydrogen) atoms. The summed E-state index contributed by atoms with van der Waals surface area (Å²) >= 11 is 3.25. The Hall–Kier alpha value is -1.73. The molecule has 0 spiro atoms. The van der Waals surface area contributed by atoms with Gasteiger partial charge in [-0.15, -0.1) is 0 Å². The van der Waals surface area contributed by atoms with Crippen LogP contribution in [0, 0.1) is 0 Å². The van der Waals surface area contributed by atoms with Crippen molar-refractivity contribution in [3.05, 3.63) is 46.9 Å². The predicted octanol–water partition coefficient (Wildman–Crippen LogP) is 2.84. The minimum atomic E-state index is -3.74. The third-order valence-electron chi connectivity index (χ3n) is 2.58. The summed E-state index contributed by atoms with van der Waals surface area (Å²) in [7, 11) is -2.32. The average molecular weight is 357 g/mol. The van der Waals surface area contributed by atoms with E-state index >= 15 is 0 Å². The van der Waals surface area contributed by atoms with Crippen molar-refractivity contribution < 1.29 is 13.2 Å². The topological polar surface area (TPSA) is 81.4 Å². The molecule has 0 aliphatic rings. The van der Waals surface area contributed by atoms with Gasteiger partial charge in [0, 0.05) is 15.8 Å². The number of hydrogen-bond acceptors (Lipinski definition) is 4. The number of nitrogen functional groups attached to an aromatic ring is 1. The minimum Gasteiger partial charge on any atom is -0.495 e. The molecule has 2 rings (SSSR count). The highest BCUT2D eigenvalue weighted by molar-refractivity contribution is 9.10. The van der Waals surface area contributed by atoms with E-state index in [4.69, 9.17) is 10.5 Å². The maximum atomic E-state index is 12.4. The van der Waals surface area contributed by atoms with Gasteiger partial charge in [-0.1, -0.05) is 15.9 Å². The van der Waals surface area contributed by atoms with Crippen LogP contribution in [0.15, 0.2) is 51.8 Å². The number of ether oxygens (including phenoxy) is 1. The fourth-order valence-electron chi connectivity index (χ4n) is 1.62. The molecule has 0 saturated carbocycles. The number of rotatable bonds is 4. The first kappa shape index (κ1) is 14.7. The van der Waals surface area contributed by atoms with Gasteiger partial charge in [-0.3, -0.25) is 4.72 Å². The Morgan fingerprint density at radius 1 is 1.15 bits per heavy atom. The van der Waals surface area contributed by atoms with Gasteiger partial charge in [0.15, 0.2) is 0 Å². The summed E-state index contributed by atoms with van der Waals surface area (Å²) in [5.41, 5.74) is 6.56. The molecular weight excluding hydrogens is 344 g/mol. The first-order valence-electron chi connectivity index (χ1n) is 5.64. The van der Waals surface area contributed by atoms with Crippen molar-refractivity contribution in [1.82, 2.24) is 0 Å². The lowest BCUT2D eigenvalue weighted by Gasteiger charge is -2.12. The van der Waals surface area contributed by atoms with Gasteiger partial charge in [0.25, 0.3) is 10.0 Å². The van der Waals surface area contributed by atoms with E-state index < -0.39 is 10.0 Å². The molecule has 0 amide bonds. The maximum Gasteiger partial charge on any atom is 0.265 e. The van der Waals surface area contributed by atoms with Crippen LogP contribution in [0.3, 0.4) is 0 Å². The van der Waals surface area contributed by atoms with E-state index in [0.717, 1.165) is 0 Å². The smallest absolute Gasteiger partial charge is 0.265 e. The van der Waals surface area contributed by atoms with Crippen LogP contribution in [0.4, 0.5) is 11.4 Å². The molecule has 0 radical (unpaired) electrons. The van der Waals surface area contributed by atoms with Gasteiger partial charge < -0.3 is 10.5 Å². The van der Waals surface area contributed by atoms with Gasteiger partial charge in [-0.2, -0.15) is 0 Å². The summed E-state index contributed by atoms with van der Waals surface area (Å²) in [6.45, 7) is 0. The van der Waals surface area contributed by atoms with Crippen LogP contribution in [0.1, 0.15) is 0 Å². The molecule has 0 aliphatic carbocycles. The van der Waals surface area contributed by atoms with Crippen LogP contribution in [-0.2, 0) is 10.0 Å². The van der Waals surface area contributed by atoms with Crippen molar-refractivity contribution in [3.63, 3.8) is 0 Å². The molecule has 3 N–H and O–H groups in total. The number of anilines is 2. The molecule has 0 unspecified atom stereocenters. The molecule has 0 saturated heterocycles. The SMILES string of the molecule is COc1ccc(Br)cc1S(=O)(=O)Nc1ccc(N)cc1. The monoisotopic (exact) mass is 356 g/mol. The zero-order valence-corrected chi connectivity index (χ0v) is 13.0. The summed E-state index contributed by atoms with van der Waals surface area (Å²) in [5.74, 6) is 0.274. The van der Waals surface area contributed by atoms with Crippen molar-refractivity contribution in [3.8, 4) is 5.75 Å². The van der Waals surface area contributed by atoms with Crippen LogP contribution < -0.4 is 15.2 Å². The van der Waals surface area contributed by atoms with Crippen molar-refractivity contribution >= 4 is 37.3 Å². The minimum absolute atomic E-state index is 0.0613. The van der Waals surface area contributed by atoms with Gasteiger partial charge in [0.05, 0.1) is 7.11 Å². The first-order chi connectivity index (χ1) is 9.42. The Kier molecular flexibility index (Phi) is 4.20. The van der Waals surface area contributed by atoms with Crippen molar-refractivity contribution in [2.45, 2.75) is 4.90 Å². The van der Waals surface area contributed by atoms with Gasteiger partial charge in [-0.25, -0.2) is 8.42 Å². The Morgan fingerprint density at radius 2 is 1.80 bits per heavy atom. The lowest BCUT2D eigenvalue weighted by atomic mass is 10.3. The molecule has 0 aliphatic heterocycles. The normalized spacial score (nSPS) is 11.1. The highest BCUT2D eigenvalue weighted by Crippen LogP contribution is 2.28. The molecule has 0 bridgehead atoms. The van der Waals surface area contributed by atoms with Crippen LogP contribution >= 0.6 is 15.9 Å². The molecule has 2 aromatic carbocycles. The summed E-state index contributed by atoms with van der Waals surface area (Å²) in [4.78, 5) is 0.0613. The van der Waals surface area contributed by atoms with Crippen molar-refractivity contribution in [2.24, 2.45) is 0 Å². The van der Waals surface area contributed by atoms with E-state index in [1.165, 1.54) is 13.2 Å². The third-order valence-corrected chi connectivity index (χ3v) is 4.47. The summed E-state index contributed by atoms with van der Waals surface area (Å²) in [5, 5.41) is 0. The summed E-state index contributed by atoms with van der Waals surface area (Å²) < 4.78 is 33.0. The van der Waals surface area contributed by atoms with E-state index in [1.54, 1.807) is 36.4 Å². The lowest BCUT2D eigenvalue weighted by molar-refractivity contribution is 0.403. The Morgan fingerprint density at radius 3 is 2.40 bits per heavy atom.